The van der Waals surface area contributed by atoms with Gasteiger partial charge in [-0.2, -0.15) is 0 Å². The lowest BCUT2D eigenvalue weighted by molar-refractivity contribution is -0.153. The summed E-state index contributed by atoms with van der Waals surface area (Å²) in [5.41, 5.74) is 5.43. The molecule has 0 aromatic heterocycles. The van der Waals surface area contributed by atoms with Crippen molar-refractivity contribution in [3.8, 4) is 0 Å². The van der Waals surface area contributed by atoms with Gasteiger partial charge in [0.25, 0.3) is 0 Å². The van der Waals surface area contributed by atoms with Crippen LogP contribution in [0.4, 0.5) is 0 Å². The molecule has 3 heteroatoms. The number of carbonyl (C=O) groups excluding carboxylic acids is 1. The quantitative estimate of drug-likeness (QED) is 0.617. The minimum Gasteiger partial charge on any atom is -0.462 e. The van der Waals surface area contributed by atoms with Gasteiger partial charge in [-0.1, -0.05) is 0 Å². The predicted octanol–water partition coefficient (Wildman–Crippen LogP) is 0.819. The molecule has 0 radical (unpaired) electrons. The fourth-order valence-corrected chi connectivity index (χ4v) is 0.986. The lowest BCUT2D eigenvalue weighted by Crippen LogP contribution is -2.28. The van der Waals surface area contributed by atoms with Crippen LogP contribution in [0.2, 0.25) is 0 Å². The van der Waals surface area contributed by atoms with Crippen LogP contribution >= 0.6 is 0 Å². The Morgan fingerprint density at radius 3 is 2.73 bits per heavy atom. The number of hydrogen-bond acceptors (Lipinski definition) is 3. The molecular weight excluding hydrogens is 142 g/mol. The van der Waals surface area contributed by atoms with E-state index in [4.69, 9.17) is 10.5 Å². The Bertz CT molecular complexity index is 141. The normalized spacial score (nSPS) is 20.5. The molecule has 1 unspecified atom stereocenters. The van der Waals surface area contributed by atoms with E-state index in [9.17, 15) is 4.79 Å². The molecule has 1 aliphatic rings. The number of ether oxygens (including phenoxy) is 1. The van der Waals surface area contributed by atoms with Crippen LogP contribution in [-0.4, -0.2) is 18.1 Å². The van der Waals surface area contributed by atoms with E-state index in [1.54, 1.807) is 0 Å². The first-order valence-electron chi connectivity index (χ1n) is 4.13. The maximum absolute atomic E-state index is 11.0. The third-order valence-electron chi connectivity index (χ3n) is 1.84. The molecule has 1 saturated carbocycles. The van der Waals surface area contributed by atoms with Crippen LogP contribution in [0.15, 0.2) is 0 Å². The second-order valence-electron chi connectivity index (χ2n) is 3.22. The van der Waals surface area contributed by atoms with Gasteiger partial charge in [0.2, 0.25) is 0 Å². The molecule has 0 aliphatic heterocycles. The minimum absolute atomic E-state index is 0.0809. The summed E-state index contributed by atoms with van der Waals surface area (Å²) in [7, 11) is 0. The van der Waals surface area contributed by atoms with Gasteiger partial charge >= 0.3 is 5.97 Å². The number of hydrogen-bond donors (Lipinski definition) is 1. The molecule has 0 bridgehead atoms. The molecule has 0 aromatic rings. The highest BCUT2D eigenvalue weighted by molar-refractivity contribution is 5.70. The van der Waals surface area contributed by atoms with Crippen LogP contribution in [0, 0.1) is 0 Å². The topological polar surface area (TPSA) is 52.3 Å². The van der Waals surface area contributed by atoms with Gasteiger partial charge in [-0.25, -0.2) is 0 Å². The Hall–Kier alpha value is -0.570. The van der Waals surface area contributed by atoms with E-state index in [1.165, 1.54) is 6.42 Å². The second kappa shape index (κ2) is 3.72. The summed E-state index contributed by atoms with van der Waals surface area (Å²) in [4.78, 5) is 11.0. The van der Waals surface area contributed by atoms with Crippen LogP contribution < -0.4 is 5.73 Å². The van der Waals surface area contributed by atoms with Crippen molar-refractivity contribution in [1.82, 2.24) is 0 Å². The highest BCUT2D eigenvalue weighted by Gasteiger charge is 2.21. The molecule has 0 saturated heterocycles. The van der Waals surface area contributed by atoms with Gasteiger partial charge in [0.15, 0.2) is 0 Å². The maximum atomic E-state index is 11.0. The van der Waals surface area contributed by atoms with E-state index >= 15 is 0 Å². The fraction of sp³-hybridized carbons (Fsp3) is 0.875. The van der Waals surface area contributed by atoms with Gasteiger partial charge in [-0.15, -0.1) is 0 Å². The van der Waals surface area contributed by atoms with Gasteiger partial charge in [-0.3, -0.25) is 4.79 Å². The highest BCUT2D eigenvalue weighted by Crippen LogP contribution is 2.22. The number of carbonyl (C=O) groups is 1. The summed E-state index contributed by atoms with van der Waals surface area (Å²) >= 11 is 0. The Labute approximate surface area is 66.9 Å². The molecule has 1 rings (SSSR count). The zero-order chi connectivity index (χ0) is 8.27. The van der Waals surface area contributed by atoms with Crippen molar-refractivity contribution in [3.05, 3.63) is 0 Å². The first kappa shape index (κ1) is 8.53. The number of rotatable bonds is 3. The van der Waals surface area contributed by atoms with Crippen LogP contribution in [0.3, 0.4) is 0 Å². The van der Waals surface area contributed by atoms with Gasteiger partial charge < -0.3 is 10.5 Å². The zero-order valence-electron chi connectivity index (χ0n) is 6.88. The number of nitrogens with two attached hydrogens (primary N) is 1. The fourth-order valence-electron chi connectivity index (χ4n) is 0.986. The Balaban J connectivity index is 2.09. The monoisotopic (exact) mass is 157 g/mol. The van der Waals surface area contributed by atoms with E-state index in [-0.39, 0.29) is 18.1 Å². The Kier molecular flexibility index (Phi) is 2.88. The molecule has 3 nitrogen and oxygen atoms in total. The van der Waals surface area contributed by atoms with Gasteiger partial charge in [0.05, 0.1) is 6.42 Å². The summed E-state index contributed by atoms with van der Waals surface area (Å²) in [6.45, 7) is 1.81. The van der Waals surface area contributed by atoms with Crippen molar-refractivity contribution in [2.45, 2.75) is 44.8 Å². The van der Waals surface area contributed by atoms with E-state index < -0.39 is 0 Å². The summed E-state index contributed by atoms with van der Waals surface area (Å²) < 4.78 is 5.08. The molecule has 0 spiro atoms. The van der Waals surface area contributed by atoms with Crippen molar-refractivity contribution >= 4 is 5.97 Å². The first-order chi connectivity index (χ1) is 5.18. The van der Waals surface area contributed by atoms with Crippen molar-refractivity contribution in [2.75, 3.05) is 0 Å². The summed E-state index contributed by atoms with van der Waals surface area (Å²) in [5.74, 6) is -0.148. The predicted molar refractivity (Wildman–Crippen MR) is 42.0 cm³/mol. The molecule has 2 N–H and O–H groups in total. The largest absolute Gasteiger partial charge is 0.462 e. The minimum atomic E-state index is -0.148. The SMILES string of the molecule is CC(N)CC(=O)OC1CCC1. The Morgan fingerprint density at radius 1 is 1.73 bits per heavy atom. The lowest BCUT2D eigenvalue weighted by atomic mass is 9.96. The van der Waals surface area contributed by atoms with E-state index in [0.717, 1.165) is 12.8 Å². The third-order valence-corrected chi connectivity index (χ3v) is 1.84. The Morgan fingerprint density at radius 2 is 2.36 bits per heavy atom. The van der Waals surface area contributed by atoms with E-state index in [1.807, 2.05) is 6.92 Å². The molecule has 1 fully saturated rings. The average Bonchev–Trinajstić information content (AvgIpc) is 1.77. The van der Waals surface area contributed by atoms with Gasteiger partial charge in [0.1, 0.15) is 6.10 Å². The van der Waals surface area contributed by atoms with Crippen molar-refractivity contribution in [2.24, 2.45) is 5.73 Å². The summed E-state index contributed by atoms with van der Waals surface area (Å²) in [5, 5.41) is 0. The van der Waals surface area contributed by atoms with Crippen molar-refractivity contribution < 1.29 is 9.53 Å². The molecule has 1 atom stereocenters. The standard InChI is InChI=1S/C8H15NO2/c1-6(9)5-8(10)11-7-3-2-4-7/h6-7H,2-5,9H2,1H3. The molecular formula is C8H15NO2. The molecule has 0 amide bonds. The average molecular weight is 157 g/mol. The molecule has 0 aromatic carbocycles. The first-order valence-corrected chi connectivity index (χ1v) is 4.13. The maximum Gasteiger partial charge on any atom is 0.307 e. The van der Waals surface area contributed by atoms with E-state index in [0.29, 0.717) is 6.42 Å². The van der Waals surface area contributed by atoms with Crippen LogP contribution in [0.1, 0.15) is 32.6 Å². The molecule has 0 heterocycles. The second-order valence-corrected chi connectivity index (χ2v) is 3.22. The smallest absolute Gasteiger partial charge is 0.307 e. The molecule has 11 heavy (non-hydrogen) atoms. The van der Waals surface area contributed by atoms with Gasteiger partial charge in [-0.05, 0) is 26.2 Å². The van der Waals surface area contributed by atoms with E-state index in [2.05, 4.69) is 0 Å². The molecule has 64 valence electrons. The van der Waals surface area contributed by atoms with Crippen LogP contribution in [0.25, 0.3) is 0 Å². The van der Waals surface area contributed by atoms with Gasteiger partial charge in [0, 0.05) is 6.04 Å². The lowest BCUT2D eigenvalue weighted by Gasteiger charge is -2.25. The van der Waals surface area contributed by atoms with Crippen molar-refractivity contribution in [1.29, 1.82) is 0 Å². The van der Waals surface area contributed by atoms with Crippen LogP contribution in [0.5, 0.6) is 0 Å². The van der Waals surface area contributed by atoms with Crippen molar-refractivity contribution in [3.63, 3.8) is 0 Å². The highest BCUT2D eigenvalue weighted by atomic mass is 16.5. The van der Waals surface area contributed by atoms with Crippen LogP contribution in [-0.2, 0) is 9.53 Å². The number of esters is 1. The molecule has 1 aliphatic carbocycles. The summed E-state index contributed by atoms with van der Waals surface area (Å²) in [6, 6.07) is -0.0809. The summed E-state index contributed by atoms with van der Waals surface area (Å²) in [6.07, 6.45) is 3.79. The third kappa shape index (κ3) is 2.89. The zero-order valence-corrected chi connectivity index (χ0v) is 6.88.